The number of nitrogens with zero attached hydrogens (tertiary/aromatic N) is 4. The first-order valence-electron chi connectivity index (χ1n) is 9.17. The maximum absolute atomic E-state index is 13.4. The predicted octanol–water partition coefficient (Wildman–Crippen LogP) is 3.28. The summed E-state index contributed by atoms with van der Waals surface area (Å²) in [5.41, 5.74) is 8.31. The van der Waals surface area contributed by atoms with E-state index in [1.807, 2.05) is 16.7 Å². The molecule has 8 heteroatoms. The number of fused-ring (bicyclic) bond motifs is 1. The van der Waals surface area contributed by atoms with Crippen LogP contribution in [-0.2, 0) is 17.9 Å². The molecule has 0 radical (unpaired) electrons. The molecular formula is C21H19FN6O. The van der Waals surface area contributed by atoms with Gasteiger partial charge < -0.3 is 20.5 Å². The molecule has 29 heavy (non-hydrogen) atoms. The number of carbonyl (C=O) groups excluding carboxylic acids is 1. The molecular weight excluding hydrogens is 371 g/mol. The Morgan fingerprint density at radius 1 is 1.17 bits per heavy atom. The van der Waals surface area contributed by atoms with Crippen molar-refractivity contribution in [1.82, 2.24) is 14.5 Å². The second kappa shape index (κ2) is 7.73. The molecule has 0 saturated carbocycles. The first-order valence-corrected chi connectivity index (χ1v) is 9.17. The largest absolute Gasteiger partial charge is 0.340 e. The average molecular weight is 390 g/mol. The summed E-state index contributed by atoms with van der Waals surface area (Å²) in [4.78, 5) is 21.8. The molecule has 0 aliphatic carbocycles. The van der Waals surface area contributed by atoms with Crippen molar-refractivity contribution in [2.24, 2.45) is 5.73 Å². The summed E-state index contributed by atoms with van der Waals surface area (Å²) in [7, 11) is 0. The van der Waals surface area contributed by atoms with E-state index in [1.165, 1.54) is 12.1 Å². The lowest BCUT2D eigenvalue weighted by Crippen LogP contribution is -2.41. The van der Waals surface area contributed by atoms with Crippen LogP contribution in [0.15, 0.2) is 48.5 Å². The summed E-state index contributed by atoms with van der Waals surface area (Å²) in [6, 6.07) is 13.3. The van der Waals surface area contributed by atoms with E-state index in [4.69, 9.17) is 17.3 Å². The highest BCUT2D eigenvalue weighted by molar-refractivity contribution is 5.79. The lowest BCUT2D eigenvalue weighted by Gasteiger charge is -2.28. The highest BCUT2D eigenvalue weighted by atomic mass is 19.1. The predicted molar refractivity (Wildman–Crippen MR) is 108 cm³/mol. The van der Waals surface area contributed by atoms with Crippen LogP contribution in [0.2, 0.25) is 0 Å². The number of carbonyl (C=O) groups is 1. The molecule has 0 unspecified atom stereocenters. The van der Waals surface area contributed by atoms with Crippen molar-refractivity contribution in [3.05, 3.63) is 71.6 Å². The van der Waals surface area contributed by atoms with Crippen molar-refractivity contribution in [2.45, 2.75) is 13.1 Å². The molecule has 2 aromatic carbocycles. The number of aromatic nitrogens is 2. The monoisotopic (exact) mass is 390 g/mol. The van der Waals surface area contributed by atoms with E-state index < -0.39 is 0 Å². The summed E-state index contributed by atoms with van der Waals surface area (Å²) in [5, 5.41) is 3.38. The number of benzene rings is 2. The van der Waals surface area contributed by atoms with Gasteiger partial charge in [0.15, 0.2) is 5.69 Å². The van der Waals surface area contributed by atoms with Gasteiger partial charge in [-0.25, -0.2) is 14.2 Å². The lowest BCUT2D eigenvalue weighted by atomic mass is 10.1. The van der Waals surface area contributed by atoms with Crippen LogP contribution in [0.1, 0.15) is 5.82 Å². The maximum atomic E-state index is 13.4. The number of anilines is 2. The summed E-state index contributed by atoms with van der Waals surface area (Å²) in [6.45, 7) is 8.52. The quantitative estimate of drug-likeness (QED) is 0.670. The number of nitrogens with one attached hydrogen (secondary N) is 1. The minimum atomic E-state index is -0.318. The molecule has 0 atom stereocenters. The van der Waals surface area contributed by atoms with E-state index in [1.54, 1.807) is 29.2 Å². The molecule has 3 aromatic rings. The molecule has 7 nitrogen and oxygen atoms in total. The van der Waals surface area contributed by atoms with Crippen molar-refractivity contribution in [3.8, 4) is 11.3 Å². The summed E-state index contributed by atoms with van der Waals surface area (Å²) in [5.74, 6) is 1.06. The molecule has 4 rings (SSSR count). The van der Waals surface area contributed by atoms with Crippen LogP contribution in [0.3, 0.4) is 0 Å². The average Bonchev–Trinajstić information content (AvgIpc) is 3.11. The van der Waals surface area contributed by atoms with Gasteiger partial charge in [0.25, 0.3) is 0 Å². The SMILES string of the molecule is [C-]#[N+]c1ccc(Nc2c(-c3ccc(F)cc3)nc3n2CCN(C(=O)CN)C3)cc1. The highest BCUT2D eigenvalue weighted by Crippen LogP contribution is 2.33. The van der Waals surface area contributed by atoms with Gasteiger partial charge in [-0.15, -0.1) is 0 Å². The zero-order chi connectivity index (χ0) is 20.4. The molecule has 3 N–H and O–H groups in total. The van der Waals surface area contributed by atoms with Gasteiger partial charge in [0.1, 0.15) is 23.2 Å². The third-order valence-corrected chi connectivity index (χ3v) is 4.88. The molecule has 2 heterocycles. The maximum Gasteiger partial charge on any atom is 0.236 e. The smallest absolute Gasteiger partial charge is 0.236 e. The van der Waals surface area contributed by atoms with Crippen LogP contribution in [0.5, 0.6) is 0 Å². The first kappa shape index (κ1) is 18.7. The minimum absolute atomic E-state index is 0.0377. The Balaban J connectivity index is 1.75. The van der Waals surface area contributed by atoms with Gasteiger partial charge in [0, 0.05) is 24.3 Å². The van der Waals surface area contributed by atoms with Crippen LogP contribution in [0, 0.1) is 12.4 Å². The second-order valence-electron chi connectivity index (χ2n) is 6.69. The third-order valence-electron chi connectivity index (χ3n) is 4.88. The molecule has 1 aromatic heterocycles. The standard InChI is InChI=1S/C21H19FN6O/c1-24-16-6-8-17(9-7-16)25-21-20(14-2-4-15(22)5-3-14)26-18-13-27(19(29)12-23)10-11-28(18)21/h2-9,25H,10-13,23H2. The molecule has 0 spiro atoms. The fourth-order valence-corrected chi connectivity index (χ4v) is 3.37. The topological polar surface area (TPSA) is 80.5 Å². The number of imidazole rings is 1. The van der Waals surface area contributed by atoms with Crippen LogP contribution in [0.4, 0.5) is 21.6 Å². The fraction of sp³-hybridized carbons (Fsp3) is 0.190. The lowest BCUT2D eigenvalue weighted by molar-refractivity contribution is -0.131. The van der Waals surface area contributed by atoms with E-state index in [9.17, 15) is 9.18 Å². The fourth-order valence-electron chi connectivity index (χ4n) is 3.37. The molecule has 0 bridgehead atoms. The molecule has 146 valence electrons. The Morgan fingerprint density at radius 2 is 1.90 bits per heavy atom. The number of halogens is 1. The van der Waals surface area contributed by atoms with E-state index in [0.29, 0.717) is 31.0 Å². The molecule has 1 amide bonds. The van der Waals surface area contributed by atoms with Gasteiger partial charge in [-0.05, 0) is 36.4 Å². The molecule has 0 saturated heterocycles. The second-order valence-corrected chi connectivity index (χ2v) is 6.69. The number of nitrogens with two attached hydrogens (primary N) is 1. The molecule has 0 fully saturated rings. The number of amides is 1. The van der Waals surface area contributed by atoms with Crippen LogP contribution in [-0.4, -0.2) is 33.4 Å². The van der Waals surface area contributed by atoms with Gasteiger partial charge in [-0.2, -0.15) is 0 Å². The van der Waals surface area contributed by atoms with Crippen molar-refractivity contribution >= 4 is 23.1 Å². The van der Waals surface area contributed by atoms with E-state index in [0.717, 1.165) is 22.9 Å². The van der Waals surface area contributed by atoms with Crippen LogP contribution in [0.25, 0.3) is 16.1 Å². The van der Waals surface area contributed by atoms with Crippen LogP contribution < -0.4 is 11.1 Å². The Labute approximate surface area is 167 Å². The Morgan fingerprint density at radius 3 is 2.55 bits per heavy atom. The Hall–Kier alpha value is -3.70. The minimum Gasteiger partial charge on any atom is -0.340 e. The summed E-state index contributed by atoms with van der Waals surface area (Å²) >= 11 is 0. The molecule has 1 aliphatic rings. The van der Waals surface area contributed by atoms with E-state index in [2.05, 4.69) is 10.2 Å². The first-order chi connectivity index (χ1) is 14.1. The van der Waals surface area contributed by atoms with Gasteiger partial charge in [0.2, 0.25) is 5.91 Å². The number of hydrogen-bond donors (Lipinski definition) is 2. The Bertz CT molecular complexity index is 1080. The van der Waals surface area contributed by atoms with Gasteiger partial charge >= 0.3 is 0 Å². The number of rotatable bonds is 4. The van der Waals surface area contributed by atoms with E-state index >= 15 is 0 Å². The van der Waals surface area contributed by atoms with Crippen LogP contribution >= 0.6 is 0 Å². The van der Waals surface area contributed by atoms with Crippen molar-refractivity contribution in [1.29, 1.82) is 0 Å². The third kappa shape index (κ3) is 3.68. The van der Waals surface area contributed by atoms with Crippen molar-refractivity contribution in [3.63, 3.8) is 0 Å². The van der Waals surface area contributed by atoms with Crippen molar-refractivity contribution < 1.29 is 9.18 Å². The highest BCUT2D eigenvalue weighted by Gasteiger charge is 2.26. The Kier molecular flexibility index (Phi) is 4.97. The zero-order valence-corrected chi connectivity index (χ0v) is 15.6. The summed E-state index contributed by atoms with van der Waals surface area (Å²) < 4.78 is 15.4. The van der Waals surface area contributed by atoms with Crippen molar-refractivity contribution in [2.75, 3.05) is 18.4 Å². The number of hydrogen-bond acceptors (Lipinski definition) is 4. The van der Waals surface area contributed by atoms with Gasteiger partial charge in [0.05, 0.1) is 19.7 Å². The van der Waals surface area contributed by atoms with E-state index in [-0.39, 0.29) is 18.3 Å². The van der Waals surface area contributed by atoms with Gasteiger partial charge in [-0.1, -0.05) is 12.1 Å². The van der Waals surface area contributed by atoms with Gasteiger partial charge in [-0.3, -0.25) is 4.79 Å². The summed E-state index contributed by atoms with van der Waals surface area (Å²) in [6.07, 6.45) is 0. The normalized spacial score (nSPS) is 12.9. The molecule has 1 aliphatic heterocycles. The zero-order valence-electron chi connectivity index (χ0n) is 15.6.